The third-order valence-corrected chi connectivity index (χ3v) is 12.2. The lowest BCUT2D eigenvalue weighted by Crippen LogP contribution is -2.29. The molecule has 2 atom stereocenters. The molecule has 0 aliphatic rings. The fourth-order valence-corrected chi connectivity index (χ4v) is 7.88. The van der Waals surface area contributed by atoms with E-state index in [0.717, 1.165) is 135 Å². The zero-order valence-electron chi connectivity index (χ0n) is 45.8. The largest absolute Gasteiger partial charge is 0.472 e. The molecule has 0 fully saturated rings. The fraction of sp³-hybridized carbons (Fsp3) is 0.587. The number of rotatable bonds is 51. The molecule has 0 aromatic heterocycles. The van der Waals surface area contributed by atoms with Gasteiger partial charge < -0.3 is 20.1 Å². The summed E-state index contributed by atoms with van der Waals surface area (Å²) in [5.74, 6) is -0.868. The lowest BCUT2D eigenvalue weighted by molar-refractivity contribution is -0.161. The second-order valence-corrected chi connectivity index (χ2v) is 19.5. The summed E-state index contributed by atoms with van der Waals surface area (Å²) < 4.78 is 33.0. The van der Waals surface area contributed by atoms with Crippen molar-refractivity contribution in [3.63, 3.8) is 0 Å². The Bertz CT molecular complexity index is 1700. The summed E-state index contributed by atoms with van der Waals surface area (Å²) in [5, 5.41) is 0. The summed E-state index contributed by atoms with van der Waals surface area (Å²) in [5.41, 5.74) is 5.38. The Kier molecular flexibility index (Phi) is 54.0. The maximum atomic E-state index is 12.7. The molecule has 0 aliphatic carbocycles. The van der Waals surface area contributed by atoms with Crippen molar-refractivity contribution in [3.05, 3.63) is 146 Å². The Morgan fingerprint density at radius 1 is 0.411 bits per heavy atom. The number of carbonyl (C=O) groups excluding carboxylic acids is 2. The van der Waals surface area contributed by atoms with E-state index in [1.165, 1.54) is 32.1 Å². The predicted molar refractivity (Wildman–Crippen MR) is 311 cm³/mol. The number of nitrogens with two attached hydrogens (primary N) is 1. The molecule has 0 amide bonds. The van der Waals surface area contributed by atoms with Crippen molar-refractivity contribution in [2.45, 2.75) is 213 Å². The second kappa shape index (κ2) is 57.2. The van der Waals surface area contributed by atoms with Gasteiger partial charge in [0.05, 0.1) is 13.2 Å². The molecule has 0 aromatic carbocycles. The molecular weight excluding hydrogens is 930 g/mol. The van der Waals surface area contributed by atoms with Gasteiger partial charge >= 0.3 is 19.8 Å². The molecule has 0 spiro atoms. The van der Waals surface area contributed by atoms with E-state index < -0.39 is 32.5 Å². The molecule has 73 heavy (non-hydrogen) atoms. The average Bonchev–Trinajstić information content (AvgIpc) is 3.38. The number of hydrogen-bond acceptors (Lipinski definition) is 8. The van der Waals surface area contributed by atoms with Crippen LogP contribution in [0.1, 0.15) is 206 Å². The van der Waals surface area contributed by atoms with Crippen LogP contribution in [0, 0.1) is 0 Å². The Labute approximate surface area is 446 Å². The highest BCUT2D eigenvalue weighted by Crippen LogP contribution is 2.43. The third-order valence-electron chi connectivity index (χ3n) is 11.2. The van der Waals surface area contributed by atoms with E-state index in [1.54, 1.807) is 0 Å². The average molecular weight is 1030 g/mol. The molecule has 0 bridgehead atoms. The van der Waals surface area contributed by atoms with Crippen LogP contribution < -0.4 is 5.73 Å². The highest BCUT2D eigenvalue weighted by atomic mass is 31.2. The lowest BCUT2D eigenvalue weighted by atomic mass is 10.1. The molecule has 2 unspecified atom stereocenters. The van der Waals surface area contributed by atoms with Gasteiger partial charge in [-0.15, -0.1) is 0 Å². The number of esters is 2. The van der Waals surface area contributed by atoms with E-state index in [-0.39, 0.29) is 32.6 Å². The van der Waals surface area contributed by atoms with Gasteiger partial charge in [-0.05, 0) is 116 Å². The quantitative estimate of drug-likeness (QED) is 0.0264. The molecule has 0 rings (SSSR count). The Morgan fingerprint density at radius 3 is 1.05 bits per heavy atom. The van der Waals surface area contributed by atoms with Gasteiger partial charge in [-0.25, -0.2) is 4.57 Å². The topological polar surface area (TPSA) is 134 Å². The summed E-state index contributed by atoms with van der Waals surface area (Å²) >= 11 is 0. The highest BCUT2D eigenvalue weighted by molar-refractivity contribution is 7.47. The molecule has 3 N–H and O–H groups in total. The molecule has 0 heterocycles. The first-order chi connectivity index (χ1) is 35.8. The molecule has 0 saturated heterocycles. The van der Waals surface area contributed by atoms with Crippen molar-refractivity contribution in [1.29, 1.82) is 0 Å². The zero-order chi connectivity index (χ0) is 53.1. The minimum absolute atomic E-state index is 0.0410. The van der Waals surface area contributed by atoms with Crippen LogP contribution in [0.2, 0.25) is 0 Å². The maximum Gasteiger partial charge on any atom is 0.472 e. The highest BCUT2D eigenvalue weighted by Gasteiger charge is 2.26. The molecule has 412 valence electrons. The van der Waals surface area contributed by atoms with Crippen LogP contribution in [0.5, 0.6) is 0 Å². The van der Waals surface area contributed by atoms with Gasteiger partial charge in [-0.3, -0.25) is 18.6 Å². The van der Waals surface area contributed by atoms with Crippen molar-refractivity contribution >= 4 is 19.8 Å². The van der Waals surface area contributed by atoms with Crippen LogP contribution in [0.4, 0.5) is 0 Å². The molecule has 10 heteroatoms. The summed E-state index contributed by atoms with van der Waals surface area (Å²) in [6.45, 7) is 3.46. The van der Waals surface area contributed by atoms with Crippen LogP contribution in [0.15, 0.2) is 146 Å². The van der Waals surface area contributed by atoms with Crippen LogP contribution in [-0.2, 0) is 32.7 Å². The Balaban J connectivity index is 4.09. The monoisotopic (exact) mass is 1030 g/mol. The lowest BCUT2D eigenvalue weighted by Gasteiger charge is -2.19. The van der Waals surface area contributed by atoms with E-state index in [0.29, 0.717) is 12.8 Å². The smallest absolute Gasteiger partial charge is 0.462 e. The summed E-state index contributed by atoms with van der Waals surface area (Å²) in [6.07, 6.45) is 81.7. The number of phosphoric acid groups is 1. The Hall–Kier alpha value is -4.11. The number of allylic oxidation sites excluding steroid dienone is 24. The summed E-state index contributed by atoms with van der Waals surface area (Å²) in [6, 6.07) is 0. The molecule has 0 radical (unpaired) electrons. The zero-order valence-corrected chi connectivity index (χ0v) is 46.7. The van der Waals surface area contributed by atoms with E-state index >= 15 is 0 Å². The van der Waals surface area contributed by atoms with Crippen LogP contribution in [0.3, 0.4) is 0 Å². The van der Waals surface area contributed by atoms with Crippen molar-refractivity contribution in [2.24, 2.45) is 5.73 Å². The SMILES string of the molecule is CC/C=C\C/C=C\C/C=C\C/C=C\C/C=C\C/C=C\C/C=C\CCCCCCCCCCCC(=O)OC(COC(=O)CCCCCCC/C=C\C/C=C\C/C=C\C/C=C\C/C=C\CC)COP(=O)(O)OCCN. The maximum absolute atomic E-state index is 12.7. The van der Waals surface area contributed by atoms with Gasteiger partial charge in [0.2, 0.25) is 0 Å². The Morgan fingerprint density at radius 2 is 0.712 bits per heavy atom. The standard InChI is InChI=1S/C63H102NO8P/c1-3-5-7-9-11-13-15-17-19-21-23-25-26-27-28-29-30-31-32-33-34-36-38-40-42-44-46-48-50-52-54-56-63(66)72-61(60-71-73(67,68)70-58-57-64)59-69-62(65)55-53-51-49-47-45-43-41-39-37-35-24-22-20-18-16-14-12-10-8-6-4-2/h5-8,11-14,17-20,23-25,27-28,30-31,33-35,39,41,61H,3-4,9-10,15-16,21-22,26,29,32,36-38,40,42-60,64H2,1-2H3,(H,67,68)/b7-5-,8-6-,13-11-,14-12-,19-17-,20-18-,25-23-,28-27-,31-30-,34-33-,35-24-,41-39-. The molecular formula is C63H102NO8P. The molecule has 0 aromatic rings. The van der Waals surface area contributed by atoms with E-state index in [1.807, 2.05) is 0 Å². The van der Waals surface area contributed by atoms with E-state index in [9.17, 15) is 19.0 Å². The summed E-state index contributed by atoms with van der Waals surface area (Å²) in [7, 11) is -4.41. The number of phosphoric ester groups is 1. The van der Waals surface area contributed by atoms with E-state index in [4.69, 9.17) is 24.3 Å². The van der Waals surface area contributed by atoms with Crippen LogP contribution in [0.25, 0.3) is 0 Å². The number of unbranched alkanes of at least 4 members (excludes halogenated alkanes) is 14. The minimum atomic E-state index is -4.41. The van der Waals surface area contributed by atoms with Gasteiger partial charge in [0.1, 0.15) is 6.61 Å². The van der Waals surface area contributed by atoms with Gasteiger partial charge in [-0.2, -0.15) is 0 Å². The number of hydrogen-bond donors (Lipinski definition) is 2. The fourth-order valence-electron chi connectivity index (χ4n) is 7.11. The van der Waals surface area contributed by atoms with Crippen LogP contribution >= 0.6 is 7.82 Å². The first-order valence-electron chi connectivity index (χ1n) is 28.3. The van der Waals surface area contributed by atoms with Crippen LogP contribution in [-0.4, -0.2) is 49.3 Å². The molecule has 0 saturated carbocycles. The third kappa shape index (κ3) is 57.0. The predicted octanol–water partition coefficient (Wildman–Crippen LogP) is 18.0. The van der Waals surface area contributed by atoms with Gasteiger partial charge in [0.25, 0.3) is 0 Å². The van der Waals surface area contributed by atoms with Gasteiger partial charge in [0, 0.05) is 19.4 Å². The van der Waals surface area contributed by atoms with Crippen molar-refractivity contribution in [1.82, 2.24) is 0 Å². The normalized spacial score (nSPS) is 14.2. The van der Waals surface area contributed by atoms with Crippen molar-refractivity contribution < 1.29 is 37.6 Å². The van der Waals surface area contributed by atoms with Crippen molar-refractivity contribution in [2.75, 3.05) is 26.4 Å². The van der Waals surface area contributed by atoms with Crippen molar-refractivity contribution in [3.8, 4) is 0 Å². The summed E-state index contributed by atoms with van der Waals surface area (Å²) in [4.78, 5) is 35.2. The van der Waals surface area contributed by atoms with E-state index in [2.05, 4.69) is 160 Å². The van der Waals surface area contributed by atoms with Gasteiger partial charge in [0.15, 0.2) is 6.10 Å². The minimum Gasteiger partial charge on any atom is -0.462 e. The second-order valence-electron chi connectivity index (χ2n) is 18.0. The molecule has 0 aliphatic heterocycles. The molecule has 9 nitrogen and oxygen atoms in total. The number of carbonyl (C=O) groups is 2. The van der Waals surface area contributed by atoms with Gasteiger partial charge in [-0.1, -0.05) is 224 Å². The first-order valence-corrected chi connectivity index (χ1v) is 29.8. The number of ether oxygens (including phenoxy) is 2. The first kappa shape index (κ1) is 68.9.